The molecule has 0 aliphatic rings. The molecule has 0 saturated heterocycles. The van der Waals surface area contributed by atoms with E-state index in [4.69, 9.17) is 15.5 Å². The Kier molecular flexibility index (Phi) is 7.81. The standard InChI is InChI=1S/C17H23N3O3/c1-13(2)14-3-5-16(6-4-14)19-17(23)15(11-18)12-20(7-9-21)8-10-22/h3-6,12-13,21-22H,7-10H2,1-2H3,(H,19,23)/b15-12-. The van der Waals surface area contributed by atoms with E-state index in [0.29, 0.717) is 11.6 Å². The highest BCUT2D eigenvalue weighted by atomic mass is 16.3. The molecule has 0 fully saturated rings. The van der Waals surface area contributed by atoms with Gasteiger partial charge in [0.05, 0.1) is 13.2 Å². The number of anilines is 1. The van der Waals surface area contributed by atoms with Crippen LogP contribution in [0.25, 0.3) is 0 Å². The van der Waals surface area contributed by atoms with Gasteiger partial charge in [-0.2, -0.15) is 5.26 Å². The Balaban J connectivity index is 2.81. The van der Waals surface area contributed by atoms with Gasteiger partial charge >= 0.3 is 0 Å². The summed E-state index contributed by atoms with van der Waals surface area (Å²) in [4.78, 5) is 13.7. The van der Waals surface area contributed by atoms with Crippen LogP contribution in [0.2, 0.25) is 0 Å². The first-order chi connectivity index (χ1) is 11.0. The number of rotatable bonds is 8. The molecule has 124 valence electrons. The zero-order valence-corrected chi connectivity index (χ0v) is 13.5. The summed E-state index contributed by atoms with van der Waals surface area (Å²) < 4.78 is 0. The molecular formula is C17H23N3O3. The summed E-state index contributed by atoms with van der Waals surface area (Å²) in [7, 11) is 0. The molecule has 23 heavy (non-hydrogen) atoms. The normalized spacial score (nSPS) is 11.2. The summed E-state index contributed by atoms with van der Waals surface area (Å²) in [6.45, 7) is 4.38. The average Bonchev–Trinajstić information content (AvgIpc) is 2.53. The second-order valence-corrected chi connectivity index (χ2v) is 5.37. The third kappa shape index (κ3) is 6.10. The maximum atomic E-state index is 12.2. The van der Waals surface area contributed by atoms with Crippen molar-refractivity contribution in [3.05, 3.63) is 41.6 Å². The molecular weight excluding hydrogens is 294 g/mol. The van der Waals surface area contributed by atoms with Crippen LogP contribution in [0.5, 0.6) is 0 Å². The van der Waals surface area contributed by atoms with E-state index in [1.807, 2.05) is 18.2 Å². The summed E-state index contributed by atoms with van der Waals surface area (Å²) in [5.74, 6) is -0.120. The Hall–Kier alpha value is -2.36. The number of aliphatic hydroxyl groups is 2. The van der Waals surface area contributed by atoms with Crippen LogP contribution in [-0.2, 0) is 4.79 Å². The van der Waals surface area contributed by atoms with Gasteiger partial charge in [0.25, 0.3) is 5.91 Å². The Morgan fingerprint density at radius 2 is 1.83 bits per heavy atom. The summed E-state index contributed by atoms with van der Waals surface area (Å²) in [6, 6.07) is 9.29. The van der Waals surface area contributed by atoms with Gasteiger partial charge in [0.1, 0.15) is 11.6 Å². The minimum atomic E-state index is -0.523. The Labute approximate surface area is 136 Å². The van der Waals surface area contributed by atoms with Crippen LogP contribution in [0.3, 0.4) is 0 Å². The van der Waals surface area contributed by atoms with Crippen LogP contribution in [0.1, 0.15) is 25.3 Å². The van der Waals surface area contributed by atoms with Crippen molar-refractivity contribution < 1.29 is 15.0 Å². The lowest BCUT2D eigenvalue weighted by atomic mass is 10.0. The van der Waals surface area contributed by atoms with Crippen molar-refractivity contribution in [2.24, 2.45) is 0 Å². The zero-order chi connectivity index (χ0) is 17.2. The molecule has 1 rings (SSSR count). The molecule has 1 amide bonds. The number of hydrogen-bond acceptors (Lipinski definition) is 5. The predicted molar refractivity (Wildman–Crippen MR) is 88.6 cm³/mol. The molecule has 6 heteroatoms. The number of nitrogens with zero attached hydrogens (tertiary/aromatic N) is 2. The van der Waals surface area contributed by atoms with Crippen LogP contribution < -0.4 is 5.32 Å². The fourth-order valence-corrected chi connectivity index (χ4v) is 1.97. The Bertz CT molecular complexity index is 568. The second-order valence-electron chi connectivity index (χ2n) is 5.37. The SMILES string of the molecule is CC(C)c1ccc(NC(=O)/C(C#N)=C\N(CCO)CCO)cc1. The van der Waals surface area contributed by atoms with E-state index in [1.54, 1.807) is 12.1 Å². The van der Waals surface area contributed by atoms with Crippen LogP contribution in [-0.4, -0.2) is 47.3 Å². The van der Waals surface area contributed by atoms with Crippen molar-refractivity contribution in [1.82, 2.24) is 4.90 Å². The fourth-order valence-electron chi connectivity index (χ4n) is 1.97. The summed E-state index contributed by atoms with van der Waals surface area (Å²) >= 11 is 0. The number of aliphatic hydroxyl groups excluding tert-OH is 2. The van der Waals surface area contributed by atoms with E-state index in [9.17, 15) is 4.79 Å². The summed E-state index contributed by atoms with van der Waals surface area (Å²) in [5, 5.41) is 29.7. The molecule has 0 aliphatic heterocycles. The van der Waals surface area contributed by atoms with Gasteiger partial charge in [0.2, 0.25) is 0 Å². The summed E-state index contributed by atoms with van der Waals surface area (Å²) in [6.07, 6.45) is 1.35. The van der Waals surface area contributed by atoms with E-state index < -0.39 is 5.91 Å². The first-order valence-electron chi connectivity index (χ1n) is 7.50. The lowest BCUT2D eigenvalue weighted by Gasteiger charge is -2.18. The molecule has 6 nitrogen and oxygen atoms in total. The van der Waals surface area contributed by atoms with Gasteiger partial charge < -0.3 is 20.4 Å². The van der Waals surface area contributed by atoms with E-state index >= 15 is 0 Å². The minimum absolute atomic E-state index is 0.0835. The maximum absolute atomic E-state index is 12.2. The third-order valence-electron chi connectivity index (χ3n) is 3.29. The van der Waals surface area contributed by atoms with E-state index in [2.05, 4.69) is 19.2 Å². The van der Waals surface area contributed by atoms with Crippen molar-refractivity contribution in [3.8, 4) is 6.07 Å². The quantitative estimate of drug-likeness (QED) is 0.498. The van der Waals surface area contributed by atoms with Crippen LogP contribution >= 0.6 is 0 Å². The first-order valence-corrected chi connectivity index (χ1v) is 7.50. The lowest BCUT2D eigenvalue weighted by molar-refractivity contribution is -0.112. The van der Waals surface area contributed by atoms with E-state index in [1.165, 1.54) is 11.1 Å². The molecule has 0 heterocycles. The van der Waals surface area contributed by atoms with Crippen LogP contribution in [0.15, 0.2) is 36.0 Å². The molecule has 0 atom stereocenters. The topological polar surface area (TPSA) is 96.6 Å². The van der Waals surface area contributed by atoms with E-state index in [-0.39, 0.29) is 31.9 Å². The molecule has 0 spiro atoms. The van der Waals surface area contributed by atoms with Crippen LogP contribution in [0.4, 0.5) is 5.69 Å². The molecule has 1 aromatic rings. The van der Waals surface area contributed by atoms with Gasteiger partial charge in [-0.1, -0.05) is 26.0 Å². The van der Waals surface area contributed by atoms with Crippen molar-refractivity contribution in [2.75, 3.05) is 31.6 Å². The van der Waals surface area contributed by atoms with Gasteiger partial charge in [0.15, 0.2) is 0 Å². The fraction of sp³-hybridized carbons (Fsp3) is 0.412. The molecule has 0 bridgehead atoms. The molecule has 0 aliphatic carbocycles. The Morgan fingerprint density at radius 3 is 2.26 bits per heavy atom. The highest BCUT2D eigenvalue weighted by molar-refractivity contribution is 6.06. The van der Waals surface area contributed by atoms with Gasteiger partial charge in [-0.05, 0) is 23.6 Å². The predicted octanol–water partition coefficient (Wildman–Crippen LogP) is 1.44. The number of carbonyl (C=O) groups excluding carboxylic acids is 1. The molecule has 0 aromatic heterocycles. The average molecular weight is 317 g/mol. The molecule has 3 N–H and O–H groups in total. The monoisotopic (exact) mass is 317 g/mol. The van der Waals surface area contributed by atoms with E-state index in [0.717, 1.165) is 5.56 Å². The maximum Gasteiger partial charge on any atom is 0.267 e. The number of nitriles is 1. The third-order valence-corrected chi connectivity index (χ3v) is 3.29. The highest BCUT2D eigenvalue weighted by Gasteiger charge is 2.12. The molecule has 0 unspecified atom stereocenters. The number of hydrogen-bond donors (Lipinski definition) is 3. The molecule has 0 radical (unpaired) electrons. The smallest absolute Gasteiger partial charge is 0.267 e. The van der Waals surface area contributed by atoms with Crippen LogP contribution in [0, 0.1) is 11.3 Å². The number of amides is 1. The molecule has 1 aromatic carbocycles. The first kappa shape index (κ1) is 18.7. The molecule has 0 saturated carbocycles. The van der Waals surface area contributed by atoms with Crippen molar-refractivity contribution in [1.29, 1.82) is 5.26 Å². The zero-order valence-electron chi connectivity index (χ0n) is 13.5. The van der Waals surface area contributed by atoms with Crippen molar-refractivity contribution >= 4 is 11.6 Å². The van der Waals surface area contributed by atoms with Gasteiger partial charge in [-0.15, -0.1) is 0 Å². The number of carbonyl (C=O) groups is 1. The van der Waals surface area contributed by atoms with Gasteiger partial charge in [-0.3, -0.25) is 4.79 Å². The van der Waals surface area contributed by atoms with Crippen molar-refractivity contribution in [3.63, 3.8) is 0 Å². The minimum Gasteiger partial charge on any atom is -0.395 e. The van der Waals surface area contributed by atoms with Gasteiger partial charge in [0, 0.05) is 25.0 Å². The van der Waals surface area contributed by atoms with Crippen molar-refractivity contribution in [2.45, 2.75) is 19.8 Å². The number of benzene rings is 1. The van der Waals surface area contributed by atoms with Gasteiger partial charge in [-0.25, -0.2) is 0 Å². The Morgan fingerprint density at radius 1 is 1.26 bits per heavy atom. The largest absolute Gasteiger partial charge is 0.395 e. The lowest BCUT2D eigenvalue weighted by Crippen LogP contribution is -2.26. The number of nitrogens with one attached hydrogen (secondary N) is 1. The highest BCUT2D eigenvalue weighted by Crippen LogP contribution is 2.17. The summed E-state index contributed by atoms with van der Waals surface area (Å²) in [5.41, 5.74) is 1.69. The second kappa shape index (κ2) is 9.62.